The van der Waals surface area contributed by atoms with Crippen molar-refractivity contribution in [3.63, 3.8) is 0 Å². The van der Waals surface area contributed by atoms with Gasteiger partial charge in [0, 0.05) is 23.8 Å². The van der Waals surface area contributed by atoms with Crippen LogP contribution in [0.4, 0.5) is 0 Å². The van der Waals surface area contributed by atoms with Crippen LogP contribution in [0.3, 0.4) is 0 Å². The Kier molecular flexibility index (Phi) is 8.33. The third kappa shape index (κ3) is 6.71. The smallest absolute Gasteiger partial charge is 0.334 e. The number of rotatable bonds is 11. The number of furan rings is 1. The molecule has 0 radical (unpaired) electrons. The Morgan fingerprint density at radius 1 is 1.23 bits per heavy atom. The lowest BCUT2D eigenvalue weighted by atomic mass is 9.93. The van der Waals surface area contributed by atoms with Crippen molar-refractivity contribution < 1.29 is 23.5 Å². The number of carbonyl (C=O) groups is 2. The van der Waals surface area contributed by atoms with Crippen LogP contribution in [0, 0.1) is 12.8 Å². The standard InChI is InChI=1S/C26H34O5/c1-4-6-19(7-5-2)9-10-20-15-23(31-26(20)28)17-29-25(27)13-11-22-16-21-14-18(3)8-12-24(21)30-22/h8,10,12,14,16,19,23H,4-7,9,11,13,15,17H2,1-3H3/b20-10+. The van der Waals surface area contributed by atoms with Crippen molar-refractivity contribution in [2.45, 2.75) is 78.2 Å². The maximum absolute atomic E-state index is 12.1. The topological polar surface area (TPSA) is 65.7 Å². The molecule has 1 aliphatic heterocycles. The first kappa shape index (κ1) is 23.1. The van der Waals surface area contributed by atoms with Gasteiger partial charge in [0.2, 0.25) is 0 Å². The van der Waals surface area contributed by atoms with Crippen LogP contribution in [0.1, 0.15) is 70.1 Å². The molecular formula is C26H34O5. The summed E-state index contributed by atoms with van der Waals surface area (Å²) < 4.78 is 16.5. The van der Waals surface area contributed by atoms with Crippen LogP contribution in [0.15, 0.2) is 40.3 Å². The number of hydrogen-bond acceptors (Lipinski definition) is 5. The van der Waals surface area contributed by atoms with E-state index >= 15 is 0 Å². The minimum Gasteiger partial charge on any atom is -0.462 e. The van der Waals surface area contributed by atoms with Crippen LogP contribution in [0.25, 0.3) is 11.0 Å². The van der Waals surface area contributed by atoms with E-state index in [9.17, 15) is 9.59 Å². The van der Waals surface area contributed by atoms with Crippen molar-refractivity contribution in [2.75, 3.05) is 6.61 Å². The molecule has 0 saturated carbocycles. The zero-order valence-corrected chi connectivity index (χ0v) is 18.9. The van der Waals surface area contributed by atoms with Crippen molar-refractivity contribution in [1.29, 1.82) is 0 Å². The highest BCUT2D eigenvalue weighted by molar-refractivity contribution is 5.90. The summed E-state index contributed by atoms with van der Waals surface area (Å²) in [5.74, 6) is 0.805. The van der Waals surface area contributed by atoms with E-state index in [1.165, 1.54) is 18.4 Å². The number of aryl methyl sites for hydroxylation is 2. The predicted octanol–water partition coefficient (Wildman–Crippen LogP) is 6.07. The monoisotopic (exact) mass is 426 g/mol. The highest BCUT2D eigenvalue weighted by Crippen LogP contribution is 2.25. The van der Waals surface area contributed by atoms with Crippen LogP contribution in [0.5, 0.6) is 0 Å². The Morgan fingerprint density at radius 2 is 2.00 bits per heavy atom. The Hall–Kier alpha value is -2.56. The van der Waals surface area contributed by atoms with Gasteiger partial charge in [-0.15, -0.1) is 0 Å². The molecule has 0 spiro atoms. The minimum atomic E-state index is -0.382. The molecule has 2 heterocycles. The van der Waals surface area contributed by atoms with E-state index in [1.807, 2.05) is 31.2 Å². The lowest BCUT2D eigenvalue weighted by Crippen LogP contribution is -2.18. The summed E-state index contributed by atoms with van der Waals surface area (Å²) in [5.41, 5.74) is 2.71. The van der Waals surface area contributed by atoms with Crippen molar-refractivity contribution >= 4 is 22.9 Å². The van der Waals surface area contributed by atoms with Gasteiger partial charge >= 0.3 is 11.9 Å². The zero-order chi connectivity index (χ0) is 22.2. The molecule has 2 aromatic rings. The second-order valence-corrected chi connectivity index (χ2v) is 8.58. The highest BCUT2D eigenvalue weighted by atomic mass is 16.6. The molecule has 0 bridgehead atoms. The quantitative estimate of drug-likeness (QED) is 0.322. The van der Waals surface area contributed by atoms with Crippen LogP contribution in [-0.2, 0) is 25.5 Å². The molecule has 168 valence electrons. The molecule has 1 fully saturated rings. The highest BCUT2D eigenvalue weighted by Gasteiger charge is 2.29. The van der Waals surface area contributed by atoms with Gasteiger partial charge in [-0.3, -0.25) is 4.79 Å². The number of cyclic esters (lactones) is 1. The Bertz CT molecular complexity index is 917. The number of carbonyl (C=O) groups excluding carboxylic acids is 2. The fourth-order valence-electron chi connectivity index (χ4n) is 4.19. The van der Waals surface area contributed by atoms with Gasteiger partial charge in [-0.2, -0.15) is 0 Å². The van der Waals surface area contributed by atoms with E-state index < -0.39 is 0 Å². The molecule has 3 rings (SSSR count). The molecule has 1 saturated heterocycles. The molecule has 1 aromatic heterocycles. The lowest BCUT2D eigenvalue weighted by molar-refractivity contribution is -0.152. The van der Waals surface area contributed by atoms with Crippen LogP contribution >= 0.6 is 0 Å². The normalized spacial score (nSPS) is 17.6. The third-order valence-electron chi connectivity index (χ3n) is 5.80. The summed E-state index contributed by atoms with van der Waals surface area (Å²) in [6, 6.07) is 7.98. The zero-order valence-electron chi connectivity index (χ0n) is 18.9. The van der Waals surface area contributed by atoms with Crippen LogP contribution in [0.2, 0.25) is 0 Å². The molecule has 31 heavy (non-hydrogen) atoms. The van der Waals surface area contributed by atoms with E-state index in [-0.39, 0.29) is 31.1 Å². The summed E-state index contributed by atoms with van der Waals surface area (Å²) >= 11 is 0. The van der Waals surface area contributed by atoms with E-state index in [1.54, 1.807) is 0 Å². The van der Waals surface area contributed by atoms with Crippen LogP contribution < -0.4 is 0 Å². The Balaban J connectivity index is 1.42. The molecule has 1 unspecified atom stereocenters. The molecule has 1 atom stereocenters. The lowest BCUT2D eigenvalue weighted by Gasteiger charge is -2.12. The third-order valence-corrected chi connectivity index (χ3v) is 5.80. The van der Waals surface area contributed by atoms with Gasteiger partial charge in [0.15, 0.2) is 0 Å². The summed E-state index contributed by atoms with van der Waals surface area (Å²) in [4.78, 5) is 24.3. The number of benzene rings is 1. The fourth-order valence-corrected chi connectivity index (χ4v) is 4.19. The average Bonchev–Trinajstić information content (AvgIpc) is 3.31. The number of esters is 2. The summed E-state index contributed by atoms with van der Waals surface area (Å²) in [7, 11) is 0. The molecule has 1 aromatic carbocycles. The maximum atomic E-state index is 12.1. The maximum Gasteiger partial charge on any atom is 0.334 e. The van der Waals surface area contributed by atoms with Gasteiger partial charge < -0.3 is 13.9 Å². The van der Waals surface area contributed by atoms with Gasteiger partial charge in [0.05, 0.1) is 6.42 Å². The number of fused-ring (bicyclic) bond motifs is 1. The number of ether oxygens (including phenoxy) is 2. The SMILES string of the molecule is CCCC(C/C=C1\CC(COC(=O)CCc2cc3cc(C)ccc3o2)OC1=O)CCC. The van der Waals surface area contributed by atoms with Gasteiger partial charge in [-0.25, -0.2) is 4.79 Å². The summed E-state index contributed by atoms with van der Waals surface area (Å²) in [5, 5.41) is 1.04. The van der Waals surface area contributed by atoms with Crippen molar-refractivity contribution in [3.8, 4) is 0 Å². The van der Waals surface area contributed by atoms with E-state index in [0.29, 0.717) is 18.8 Å². The van der Waals surface area contributed by atoms with Gasteiger partial charge in [0.1, 0.15) is 24.1 Å². The largest absolute Gasteiger partial charge is 0.462 e. The number of allylic oxidation sites excluding steroid dienone is 1. The molecule has 0 amide bonds. The Morgan fingerprint density at radius 3 is 2.74 bits per heavy atom. The average molecular weight is 427 g/mol. The first-order valence-electron chi connectivity index (χ1n) is 11.5. The fraction of sp³-hybridized carbons (Fsp3) is 0.538. The first-order chi connectivity index (χ1) is 15.0. The number of hydrogen-bond donors (Lipinski definition) is 0. The molecular weight excluding hydrogens is 392 g/mol. The first-order valence-corrected chi connectivity index (χ1v) is 11.5. The summed E-state index contributed by atoms with van der Waals surface area (Å²) in [6.45, 7) is 6.53. The minimum absolute atomic E-state index is 0.106. The van der Waals surface area contributed by atoms with E-state index in [0.717, 1.165) is 41.6 Å². The van der Waals surface area contributed by atoms with Gasteiger partial charge in [-0.1, -0.05) is 57.2 Å². The van der Waals surface area contributed by atoms with E-state index in [4.69, 9.17) is 13.9 Å². The molecule has 1 aliphatic rings. The molecule has 5 heteroatoms. The molecule has 5 nitrogen and oxygen atoms in total. The predicted molar refractivity (Wildman–Crippen MR) is 121 cm³/mol. The summed E-state index contributed by atoms with van der Waals surface area (Å²) in [6.07, 6.45) is 8.47. The van der Waals surface area contributed by atoms with E-state index in [2.05, 4.69) is 19.9 Å². The Labute approximate surface area is 184 Å². The van der Waals surface area contributed by atoms with Gasteiger partial charge in [0.25, 0.3) is 0 Å². The van der Waals surface area contributed by atoms with Crippen molar-refractivity contribution in [1.82, 2.24) is 0 Å². The molecule has 0 aliphatic carbocycles. The van der Waals surface area contributed by atoms with Crippen molar-refractivity contribution in [2.24, 2.45) is 5.92 Å². The second-order valence-electron chi connectivity index (χ2n) is 8.58. The second kappa shape index (κ2) is 11.2. The van der Waals surface area contributed by atoms with Gasteiger partial charge in [-0.05, 0) is 37.5 Å². The van der Waals surface area contributed by atoms with Crippen molar-refractivity contribution in [3.05, 3.63) is 47.2 Å². The van der Waals surface area contributed by atoms with Crippen LogP contribution in [-0.4, -0.2) is 24.6 Å². The molecule has 0 N–H and O–H groups in total.